The fraction of sp³-hybridized carbons (Fsp3) is 0.211. The van der Waals surface area contributed by atoms with Gasteiger partial charge in [0.1, 0.15) is 0 Å². The summed E-state index contributed by atoms with van der Waals surface area (Å²) in [5, 5.41) is 3.64. The normalized spacial score (nSPS) is 11.5. The average Bonchev–Trinajstić information content (AvgIpc) is 3.07. The van der Waals surface area contributed by atoms with Gasteiger partial charge in [-0.2, -0.15) is 0 Å². The third-order valence-corrected chi connectivity index (χ3v) is 7.00. The van der Waals surface area contributed by atoms with Gasteiger partial charge in [-0.05, 0) is 55.6 Å². The van der Waals surface area contributed by atoms with Crippen LogP contribution in [0.25, 0.3) is 10.1 Å². The number of thiophene rings is 1. The molecule has 0 spiro atoms. The smallest absolute Gasteiger partial charge is 0.264 e. The Morgan fingerprint density at radius 1 is 1.08 bits per heavy atom. The molecule has 0 aliphatic rings. The van der Waals surface area contributed by atoms with Gasteiger partial charge in [0.15, 0.2) is 0 Å². The van der Waals surface area contributed by atoms with Gasteiger partial charge >= 0.3 is 0 Å². The topological polar surface area (TPSA) is 66.5 Å². The van der Waals surface area contributed by atoms with Gasteiger partial charge in [-0.15, -0.1) is 11.3 Å². The van der Waals surface area contributed by atoms with Crippen molar-refractivity contribution >= 4 is 43.0 Å². The van der Waals surface area contributed by atoms with E-state index in [9.17, 15) is 13.2 Å². The van der Waals surface area contributed by atoms with E-state index in [4.69, 9.17) is 0 Å². The molecule has 5 nitrogen and oxygen atoms in total. The van der Waals surface area contributed by atoms with E-state index < -0.39 is 10.0 Å². The van der Waals surface area contributed by atoms with Crippen molar-refractivity contribution in [1.29, 1.82) is 0 Å². The number of rotatable bonds is 6. The predicted octanol–water partition coefficient (Wildman–Crippen LogP) is 3.87. The molecule has 1 N–H and O–H groups in total. The lowest BCUT2D eigenvalue weighted by atomic mass is 10.2. The van der Waals surface area contributed by atoms with E-state index in [1.807, 2.05) is 19.1 Å². The van der Waals surface area contributed by atoms with Crippen molar-refractivity contribution in [1.82, 2.24) is 5.32 Å². The van der Waals surface area contributed by atoms with Crippen molar-refractivity contribution < 1.29 is 13.2 Å². The summed E-state index contributed by atoms with van der Waals surface area (Å²) < 4.78 is 28.3. The lowest BCUT2D eigenvalue weighted by Crippen LogP contribution is -2.30. The molecule has 26 heavy (non-hydrogen) atoms. The van der Waals surface area contributed by atoms with E-state index in [0.717, 1.165) is 10.1 Å². The van der Waals surface area contributed by atoms with E-state index in [1.54, 1.807) is 49.4 Å². The van der Waals surface area contributed by atoms with E-state index in [2.05, 4.69) is 5.32 Å². The van der Waals surface area contributed by atoms with Gasteiger partial charge in [-0.1, -0.05) is 18.2 Å². The van der Waals surface area contributed by atoms with Crippen molar-refractivity contribution in [3.8, 4) is 0 Å². The van der Waals surface area contributed by atoms with Gasteiger partial charge in [-0.25, -0.2) is 8.42 Å². The molecule has 0 aliphatic heterocycles. The van der Waals surface area contributed by atoms with Crippen molar-refractivity contribution in [2.75, 3.05) is 17.4 Å². The lowest BCUT2D eigenvalue weighted by Gasteiger charge is -2.23. The van der Waals surface area contributed by atoms with Gasteiger partial charge in [0.2, 0.25) is 0 Å². The highest BCUT2D eigenvalue weighted by atomic mass is 32.2. The monoisotopic (exact) mass is 388 g/mol. The zero-order valence-corrected chi connectivity index (χ0v) is 16.2. The first-order chi connectivity index (χ1) is 12.5. The minimum atomic E-state index is -3.63. The van der Waals surface area contributed by atoms with Crippen molar-refractivity contribution in [3.63, 3.8) is 0 Å². The number of nitrogens with one attached hydrogen (secondary N) is 1. The third-order valence-electron chi connectivity index (χ3n) is 3.97. The third kappa shape index (κ3) is 3.45. The average molecular weight is 389 g/mol. The highest BCUT2D eigenvalue weighted by molar-refractivity contribution is 7.92. The summed E-state index contributed by atoms with van der Waals surface area (Å²) in [4.78, 5) is 12.9. The second-order valence-electron chi connectivity index (χ2n) is 5.68. The maximum absolute atomic E-state index is 13.0. The van der Waals surface area contributed by atoms with E-state index >= 15 is 0 Å². The summed E-state index contributed by atoms with van der Waals surface area (Å²) in [6.45, 7) is 4.56. The molecule has 0 fully saturated rings. The van der Waals surface area contributed by atoms with E-state index in [0.29, 0.717) is 23.7 Å². The molecule has 3 rings (SSSR count). The SMILES string of the molecule is CCNC(=O)c1cc2cc(N(CC)S(=O)(=O)c3ccccc3)ccc2s1. The van der Waals surface area contributed by atoms with Crippen molar-refractivity contribution in [3.05, 3.63) is 59.5 Å². The molecular weight excluding hydrogens is 368 g/mol. The van der Waals surface area contributed by atoms with Gasteiger partial charge in [0.05, 0.1) is 15.5 Å². The number of hydrogen-bond donors (Lipinski definition) is 1. The zero-order valence-electron chi connectivity index (χ0n) is 14.6. The summed E-state index contributed by atoms with van der Waals surface area (Å²) in [6, 6.07) is 15.7. The number of carbonyl (C=O) groups excluding carboxylic acids is 1. The Kier molecular flexibility index (Phi) is 5.29. The molecule has 0 bridgehead atoms. The molecule has 0 saturated heterocycles. The quantitative estimate of drug-likeness (QED) is 0.697. The second-order valence-corrected chi connectivity index (χ2v) is 8.62. The fourth-order valence-corrected chi connectivity index (χ4v) is 5.20. The maximum atomic E-state index is 13.0. The largest absolute Gasteiger partial charge is 0.352 e. The molecule has 7 heteroatoms. The first-order valence-electron chi connectivity index (χ1n) is 8.37. The Morgan fingerprint density at radius 3 is 2.46 bits per heavy atom. The summed E-state index contributed by atoms with van der Waals surface area (Å²) in [5.41, 5.74) is 0.587. The summed E-state index contributed by atoms with van der Waals surface area (Å²) in [6.07, 6.45) is 0. The minimum absolute atomic E-state index is 0.112. The molecule has 0 atom stereocenters. The molecule has 1 heterocycles. The van der Waals surface area contributed by atoms with Crippen LogP contribution in [0.5, 0.6) is 0 Å². The standard InChI is InChI=1S/C19H20N2O3S2/c1-3-20-19(22)18-13-14-12-15(10-11-17(14)25-18)21(4-2)26(23,24)16-8-6-5-7-9-16/h5-13H,3-4H2,1-2H3,(H,20,22). The van der Waals surface area contributed by atoms with Crippen LogP contribution in [-0.2, 0) is 10.0 Å². The number of sulfonamides is 1. The number of anilines is 1. The molecule has 0 radical (unpaired) electrons. The molecule has 0 unspecified atom stereocenters. The number of amides is 1. The number of benzene rings is 2. The second kappa shape index (κ2) is 7.47. The molecule has 2 aromatic carbocycles. The van der Waals surface area contributed by atoms with Gasteiger partial charge in [0.25, 0.3) is 15.9 Å². The first-order valence-corrected chi connectivity index (χ1v) is 10.6. The van der Waals surface area contributed by atoms with Crippen LogP contribution in [0.4, 0.5) is 5.69 Å². The Morgan fingerprint density at radius 2 is 1.81 bits per heavy atom. The Labute approximate surface area is 157 Å². The van der Waals surface area contributed by atoms with E-state index in [1.165, 1.54) is 15.6 Å². The Hall–Kier alpha value is -2.38. The molecule has 0 aliphatic carbocycles. The van der Waals surface area contributed by atoms with Crippen molar-refractivity contribution in [2.24, 2.45) is 0 Å². The van der Waals surface area contributed by atoms with Gasteiger partial charge in [-0.3, -0.25) is 9.10 Å². The van der Waals surface area contributed by atoms with Crippen LogP contribution in [0.2, 0.25) is 0 Å². The van der Waals surface area contributed by atoms with Crippen LogP contribution in [0.1, 0.15) is 23.5 Å². The minimum Gasteiger partial charge on any atom is -0.352 e. The van der Waals surface area contributed by atoms with Gasteiger partial charge < -0.3 is 5.32 Å². The number of carbonyl (C=O) groups is 1. The summed E-state index contributed by atoms with van der Waals surface area (Å²) in [5.74, 6) is -0.112. The Bertz CT molecular complexity index is 1030. The van der Waals surface area contributed by atoms with Crippen LogP contribution >= 0.6 is 11.3 Å². The molecule has 0 saturated carbocycles. The molecular formula is C19H20N2O3S2. The van der Waals surface area contributed by atoms with Crippen LogP contribution in [-0.4, -0.2) is 27.4 Å². The molecule has 136 valence electrons. The first kappa shape index (κ1) is 18.4. The Balaban J connectivity index is 2.01. The van der Waals surface area contributed by atoms with Crippen LogP contribution in [0, 0.1) is 0 Å². The highest BCUT2D eigenvalue weighted by Crippen LogP contribution is 2.31. The van der Waals surface area contributed by atoms with Crippen LogP contribution in [0.3, 0.4) is 0 Å². The number of hydrogen-bond acceptors (Lipinski definition) is 4. The number of fused-ring (bicyclic) bond motifs is 1. The highest BCUT2D eigenvalue weighted by Gasteiger charge is 2.23. The molecule has 3 aromatic rings. The summed E-state index contributed by atoms with van der Waals surface area (Å²) >= 11 is 1.40. The molecule has 1 aromatic heterocycles. The van der Waals surface area contributed by atoms with Gasteiger partial charge in [0, 0.05) is 17.8 Å². The van der Waals surface area contributed by atoms with E-state index in [-0.39, 0.29) is 10.8 Å². The van der Waals surface area contributed by atoms with Crippen LogP contribution < -0.4 is 9.62 Å². The predicted molar refractivity (Wildman–Crippen MR) is 106 cm³/mol. The summed E-state index contributed by atoms with van der Waals surface area (Å²) in [7, 11) is -3.63. The van der Waals surface area contributed by atoms with Crippen molar-refractivity contribution in [2.45, 2.75) is 18.7 Å². The lowest BCUT2D eigenvalue weighted by molar-refractivity contribution is 0.0960. The fourth-order valence-electron chi connectivity index (χ4n) is 2.76. The number of nitrogens with zero attached hydrogens (tertiary/aromatic N) is 1. The zero-order chi connectivity index (χ0) is 18.7. The maximum Gasteiger partial charge on any atom is 0.264 e. The molecule has 1 amide bonds. The van der Waals surface area contributed by atoms with Crippen LogP contribution in [0.15, 0.2) is 59.5 Å².